The number of anilines is 1. The average Bonchev–Trinajstić information content (AvgIpc) is 2.56. The second kappa shape index (κ2) is 8.44. The number of hydrogen-bond donors (Lipinski definition) is 1. The first-order valence-corrected chi connectivity index (χ1v) is 8.11. The number of hydrogen-bond acceptors (Lipinski definition) is 3. The van der Waals surface area contributed by atoms with Gasteiger partial charge in [0, 0.05) is 17.6 Å². The Hall–Kier alpha value is -2.41. The predicted molar refractivity (Wildman–Crippen MR) is 89.8 cm³/mol. The smallest absolute Gasteiger partial charge is 0.243 e. The molecule has 2 aromatic rings. The van der Waals surface area contributed by atoms with Crippen LogP contribution in [0.15, 0.2) is 53.4 Å². The second-order valence-corrected chi connectivity index (χ2v) is 6.04. The molecule has 0 unspecified atom stereocenters. The quantitative estimate of drug-likeness (QED) is 0.814. The Morgan fingerprint density at radius 1 is 1.08 bits per heavy atom. The minimum Gasteiger partial charge on any atom is -0.336 e. The molecule has 0 atom stereocenters. The molecule has 2 aromatic carbocycles. The van der Waals surface area contributed by atoms with Crippen molar-refractivity contribution >= 4 is 29.3 Å². The highest BCUT2D eigenvalue weighted by atomic mass is 32.2. The van der Waals surface area contributed by atoms with Gasteiger partial charge in [-0.3, -0.25) is 9.59 Å². The summed E-state index contributed by atoms with van der Waals surface area (Å²) in [5.41, 5.74) is 0.447. The van der Waals surface area contributed by atoms with Crippen molar-refractivity contribution in [3.63, 3.8) is 0 Å². The number of likely N-dealkylation sites (N-methyl/N-ethyl adjacent to an activating group) is 1. The lowest BCUT2D eigenvalue weighted by Crippen LogP contribution is -2.35. The molecule has 0 aliphatic heterocycles. The van der Waals surface area contributed by atoms with E-state index in [1.165, 1.54) is 42.3 Å². The molecule has 24 heavy (non-hydrogen) atoms. The molecular weight excluding hydrogens is 334 g/mol. The first-order chi connectivity index (χ1) is 11.5. The van der Waals surface area contributed by atoms with E-state index >= 15 is 0 Å². The Balaban J connectivity index is 1.81. The molecule has 1 N–H and O–H groups in total. The van der Waals surface area contributed by atoms with Crippen molar-refractivity contribution in [3.8, 4) is 0 Å². The molecule has 7 heteroatoms. The molecule has 2 rings (SSSR count). The maximum absolute atomic E-state index is 13.5. The summed E-state index contributed by atoms with van der Waals surface area (Å²) >= 11 is 1.08. The summed E-state index contributed by atoms with van der Waals surface area (Å²) in [6.07, 6.45) is 0. The number of amides is 2. The number of benzene rings is 2. The summed E-state index contributed by atoms with van der Waals surface area (Å²) in [6, 6.07) is 11.5. The number of nitrogens with one attached hydrogen (secondary N) is 1. The molecule has 126 valence electrons. The van der Waals surface area contributed by atoms with Crippen LogP contribution < -0.4 is 5.32 Å². The maximum atomic E-state index is 13.5. The number of carbonyl (C=O) groups excluding carboxylic acids is 2. The highest BCUT2D eigenvalue weighted by molar-refractivity contribution is 8.00. The van der Waals surface area contributed by atoms with E-state index in [4.69, 9.17) is 0 Å². The lowest BCUT2D eigenvalue weighted by Gasteiger charge is -2.16. The van der Waals surface area contributed by atoms with E-state index in [2.05, 4.69) is 5.32 Å². The SMILES string of the molecule is CN(CC(=O)Nc1ccc(F)cc1)C(=O)CSc1ccccc1F. The van der Waals surface area contributed by atoms with Crippen LogP contribution in [0.2, 0.25) is 0 Å². The summed E-state index contributed by atoms with van der Waals surface area (Å²) in [5, 5.41) is 2.57. The number of rotatable bonds is 6. The van der Waals surface area contributed by atoms with Gasteiger partial charge in [0.1, 0.15) is 11.6 Å². The fourth-order valence-electron chi connectivity index (χ4n) is 1.85. The van der Waals surface area contributed by atoms with Crippen molar-refractivity contribution in [1.29, 1.82) is 0 Å². The highest BCUT2D eigenvalue weighted by Gasteiger charge is 2.14. The Kier molecular flexibility index (Phi) is 6.31. The Bertz CT molecular complexity index is 723. The molecule has 0 bridgehead atoms. The Morgan fingerprint density at radius 2 is 1.75 bits per heavy atom. The third kappa shape index (κ3) is 5.34. The van der Waals surface area contributed by atoms with E-state index < -0.39 is 11.7 Å². The second-order valence-electron chi connectivity index (χ2n) is 5.02. The lowest BCUT2D eigenvalue weighted by molar-refractivity contribution is -0.131. The van der Waals surface area contributed by atoms with Crippen LogP contribution in [-0.4, -0.2) is 36.1 Å². The molecule has 0 aromatic heterocycles. The van der Waals surface area contributed by atoms with Gasteiger partial charge in [0.2, 0.25) is 11.8 Å². The lowest BCUT2D eigenvalue weighted by atomic mass is 10.3. The van der Waals surface area contributed by atoms with Gasteiger partial charge in [-0.15, -0.1) is 11.8 Å². The van der Waals surface area contributed by atoms with Crippen LogP contribution in [0.1, 0.15) is 0 Å². The van der Waals surface area contributed by atoms with E-state index in [1.807, 2.05) is 0 Å². The Morgan fingerprint density at radius 3 is 2.42 bits per heavy atom. The van der Waals surface area contributed by atoms with Crippen LogP contribution in [0.3, 0.4) is 0 Å². The summed E-state index contributed by atoms with van der Waals surface area (Å²) in [5.74, 6) is -1.44. The van der Waals surface area contributed by atoms with Crippen LogP contribution in [0, 0.1) is 11.6 Å². The number of carbonyl (C=O) groups is 2. The first kappa shape index (κ1) is 17.9. The first-order valence-electron chi connectivity index (χ1n) is 7.12. The van der Waals surface area contributed by atoms with Crippen LogP contribution in [0.25, 0.3) is 0 Å². The fourth-order valence-corrected chi connectivity index (χ4v) is 2.73. The van der Waals surface area contributed by atoms with Gasteiger partial charge in [-0.1, -0.05) is 12.1 Å². The normalized spacial score (nSPS) is 10.3. The standard InChI is InChI=1S/C17H16F2N2O2S/c1-21(10-16(22)20-13-8-6-12(18)7-9-13)17(23)11-24-15-5-3-2-4-14(15)19/h2-9H,10-11H2,1H3,(H,20,22). The topological polar surface area (TPSA) is 49.4 Å². The summed E-state index contributed by atoms with van der Waals surface area (Å²) in [4.78, 5) is 25.5. The zero-order valence-corrected chi connectivity index (χ0v) is 13.8. The summed E-state index contributed by atoms with van der Waals surface area (Å²) < 4.78 is 26.3. The van der Waals surface area contributed by atoms with E-state index in [9.17, 15) is 18.4 Å². The van der Waals surface area contributed by atoms with Crippen molar-refractivity contribution in [2.24, 2.45) is 0 Å². The van der Waals surface area contributed by atoms with Gasteiger partial charge in [-0.25, -0.2) is 8.78 Å². The van der Waals surface area contributed by atoms with Crippen molar-refractivity contribution in [2.75, 3.05) is 24.7 Å². The van der Waals surface area contributed by atoms with Gasteiger partial charge >= 0.3 is 0 Å². The molecule has 0 aliphatic carbocycles. The predicted octanol–water partition coefficient (Wildman–Crippen LogP) is 3.15. The monoisotopic (exact) mass is 350 g/mol. The van der Waals surface area contributed by atoms with Gasteiger partial charge < -0.3 is 10.2 Å². The molecule has 0 saturated carbocycles. The summed E-state index contributed by atoms with van der Waals surface area (Å²) in [6.45, 7) is -0.145. The third-order valence-corrected chi connectivity index (χ3v) is 4.16. The van der Waals surface area contributed by atoms with Crippen molar-refractivity contribution in [1.82, 2.24) is 4.90 Å². The van der Waals surface area contributed by atoms with Crippen LogP contribution in [0.4, 0.5) is 14.5 Å². The maximum Gasteiger partial charge on any atom is 0.243 e. The van der Waals surface area contributed by atoms with Gasteiger partial charge in [0.05, 0.1) is 12.3 Å². The average molecular weight is 350 g/mol. The van der Waals surface area contributed by atoms with Crippen molar-refractivity contribution in [3.05, 3.63) is 60.2 Å². The number of halogens is 2. The Labute approximate surface area is 142 Å². The van der Waals surface area contributed by atoms with Crippen LogP contribution >= 0.6 is 11.8 Å². The zero-order valence-electron chi connectivity index (χ0n) is 13.0. The highest BCUT2D eigenvalue weighted by Crippen LogP contribution is 2.21. The molecule has 2 amide bonds. The largest absolute Gasteiger partial charge is 0.336 e. The molecule has 0 radical (unpaired) electrons. The van der Waals surface area contributed by atoms with E-state index in [1.54, 1.807) is 18.2 Å². The molecule has 0 heterocycles. The summed E-state index contributed by atoms with van der Waals surface area (Å²) in [7, 11) is 1.49. The molecule has 0 spiro atoms. The van der Waals surface area contributed by atoms with Gasteiger partial charge in [0.15, 0.2) is 0 Å². The van der Waals surface area contributed by atoms with Gasteiger partial charge in [0.25, 0.3) is 0 Å². The molecule has 0 saturated heterocycles. The number of thioether (sulfide) groups is 1. The van der Waals surface area contributed by atoms with Gasteiger partial charge in [-0.05, 0) is 36.4 Å². The third-order valence-electron chi connectivity index (χ3n) is 3.12. The van der Waals surface area contributed by atoms with E-state index in [0.29, 0.717) is 10.6 Å². The van der Waals surface area contributed by atoms with Gasteiger partial charge in [-0.2, -0.15) is 0 Å². The number of nitrogens with zero attached hydrogens (tertiary/aromatic N) is 1. The fraction of sp³-hybridized carbons (Fsp3) is 0.176. The minimum atomic E-state index is -0.398. The molecule has 0 aliphatic rings. The molecule has 4 nitrogen and oxygen atoms in total. The van der Waals surface area contributed by atoms with Crippen molar-refractivity contribution < 1.29 is 18.4 Å². The van der Waals surface area contributed by atoms with E-state index in [0.717, 1.165) is 11.8 Å². The zero-order chi connectivity index (χ0) is 17.5. The molecule has 0 fully saturated rings. The van der Waals surface area contributed by atoms with Crippen LogP contribution in [-0.2, 0) is 9.59 Å². The molecular formula is C17H16F2N2O2S. The minimum absolute atomic E-state index is 0.0290. The van der Waals surface area contributed by atoms with E-state index in [-0.39, 0.29) is 24.0 Å². The van der Waals surface area contributed by atoms with Crippen molar-refractivity contribution in [2.45, 2.75) is 4.90 Å². The van der Waals surface area contributed by atoms with Crippen LogP contribution in [0.5, 0.6) is 0 Å².